The Labute approximate surface area is 146 Å². The van der Waals surface area contributed by atoms with Crippen LogP contribution in [0.15, 0.2) is 59.9 Å². The number of benzene rings is 1. The zero-order valence-electron chi connectivity index (χ0n) is 13.9. The van der Waals surface area contributed by atoms with Gasteiger partial charge < -0.3 is 4.74 Å². The molecular weight excluding hydrogens is 340 g/mol. The lowest BCUT2D eigenvalue weighted by atomic mass is 10.1. The van der Waals surface area contributed by atoms with Crippen molar-refractivity contribution in [1.29, 1.82) is 0 Å². The van der Waals surface area contributed by atoms with Crippen molar-refractivity contribution in [3.63, 3.8) is 0 Å². The number of hydrogen-bond donors (Lipinski definition) is 1. The molecule has 0 saturated heterocycles. The Morgan fingerprint density at radius 3 is 2.72 bits per heavy atom. The van der Waals surface area contributed by atoms with E-state index in [2.05, 4.69) is 14.8 Å². The predicted molar refractivity (Wildman–Crippen MR) is 93.5 cm³/mol. The molecule has 0 aliphatic carbocycles. The quantitative estimate of drug-likeness (QED) is 0.728. The number of pyridine rings is 1. The number of rotatable bonds is 6. The van der Waals surface area contributed by atoms with E-state index in [0.717, 1.165) is 16.8 Å². The van der Waals surface area contributed by atoms with Crippen LogP contribution in [0.2, 0.25) is 0 Å². The highest BCUT2D eigenvalue weighted by Gasteiger charge is 2.18. The molecule has 0 radical (unpaired) electrons. The van der Waals surface area contributed by atoms with E-state index in [4.69, 9.17) is 4.74 Å². The van der Waals surface area contributed by atoms with Crippen molar-refractivity contribution in [3.05, 3.63) is 60.6 Å². The van der Waals surface area contributed by atoms with Gasteiger partial charge in [0.05, 0.1) is 12.8 Å². The SMILES string of the molecule is COc1ccccc1S(=O)(=O)NCc1cncc(-c2ccnn2C)c1. The third-order valence-corrected chi connectivity index (χ3v) is 5.18. The van der Waals surface area contributed by atoms with Gasteiger partial charge >= 0.3 is 0 Å². The van der Waals surface area contributed by atoms with Gasteiger partial charge in [0.25, 0.3) is 0 Å². The maximum Gasteiger partial charge on any atom is 0.244 e. The van der Waals surface area contributed by atoms with Crippen molar-refractivity contribution >= 4 is 10.0 Å². The number of methoxy groups -OCH3 is 1. The van der Waals surface area contributed by atoms with E-state index in [0.29, 0.717) is 5.75 Å². The van der Waals surface area contributed by atoms with Gasteiger partial charge in [-0.25, -0.2) is 13.1 Å². The molecule has 1 aromatic carbocycles. The fraction of sp³-hybridized carbons (Fsp3) is 0.176. The number of para-hydroxylation sites is 1. The average molecular weight is 358 g/mol. The summed E-state index contributed by atoms with van der Waals surface area (Å²) in [5, 5.41) is 4.13. The van der Waals surface area contributed by atoms with Gasteiger partial charge in [-0.3, -0.25) is 9.67 Å². The molecule has 0 aliphatic heterocycles. The van der Waals surface area contributed by atoms with Gasteiger partial charge in [-0.1, -0.05) is 12.1 Å². The molecule has 8 heteroatoms. The maximum atomic E-state index is 12.5. The first-order valence-corrected chi connectivity index (χ1v) is 9.04. The summed E-state index contributed by atoms with van der Waals surface area (Å²) in [5.74, 6) is 0.303. The fourth-order valence-electron chi connectivity index (χ4n) is 2.48. The standard InChI is InChI=1S/C17H18N4O3S/c1-21-15(7-8-19-21)14-9-13(10-18-12-14)11-20-25(22,23)17-6-4-3-5-16(17)24-2/h3-10,12,20H,11H2,1-2H3. The first kappa shape index (κ1) is 17.1. The lowest BCUT2D eigenvalue weighted by Crippen LogP contribution is -2.23. The Balaban J connectivity index is 1.81. The molecule has 1 N–H and O–H groups in total. The summed E-state index contributed by atoms with van der Waals surface area (Å²) in [7, 11) is -0.417. The Morgan fingerprint density at radius 1 is 1.20 bits per heavy atom. The third-order valence-electron chi connectivity index (χ3n) is 3.74. The van der Waals surface area contributed by atoms with Crippen LogP contribution < -0.4 is 9.46 Å². The van der Waals surface area contributed by atoms with Gasteiger partial charge in [0, 0.05) is 37.7 Å². The van der Waals surface area contributed by atoms with Crippen LogP contribution in [0.1, 0.15) is 5.56 Å². The molecule has 25 heavy (non-hydrogen) atoms. The van der Waals surface area contributed by atoms with Crippen LogP contribution in [0.3, 0.4) is 0 Å². The first-order valence-electron chi connectivity index (χ1n) is 7.56. The highest BCUT2D eigenvalue weighted by molar-refractivity contribution is 7.89. The smallest absolute Gasteiger partial charge is 0.244 e. The van der Waals surface area contributed by atoms with Crippen LogP contribution in [0, 0.1) is 0 Å². The zero-order chi connectivity index (χ0) is 17.9. The molecule has 2 aromatic heterocycles. The molecular formula is C17H18N4O3S. The summed E-state index contributed by atoms with van der Waals surface area (Å²) in [6.07, 6.45) is 5.05. The second-order valence-corrected chi connectivity index (χ2v) is 7.13. The lowest BCUT2D eigenvalue weighted by molar-refractivity contribution is 0.402. The largest absolute Gasteiger partial charge is 0.495 e. The molecule has 0 fully saturated rings. The number of aryl methyl sites for hydroxylation is 1. The Kier molecular flexibility index (Phi) is 4.82. The monoisotopic (exact) mass is 358 g/mol. The summed E-state index contributed by atoms with van der Waals surface area (Å²) in [6, 6.07) is 10.2. The minimum atomic E-state index is -3.70. The number of nitrogens with zero attached hydrogens (tertiary/aromatic N) is 3. The van der Waals surface area contributed by atoms with E-state index in [1.54, 1.807) is 41.5 Å². The van der Waals surface area contributed by atoms with Crippen molar-refractivity contribution in [3.8, 4) is 17.0 Å². The van der Waals surface area contributed by atoms with Crippen LogP contribution in [0.25, 0.3) is 11.3 Å². The number of nitrogens with one attached hydrogen (secondary N) is 1. The van der Waals surface area contributed by atoms with E-state index in [1.807, 2.05) is 19.2 Å². The van der Waals surface area contributed by atoms with E-state index >= 15 is 0 Å². The molecule has 0 aliphatic rings. The van der Waals surface area contributed by atoms with Gasteiger partial charge in [0.15, 0.2) is 0 Å². The minimum absolute atomic E-state index is 0.105. The van der Waals surface area contributed by atoms with Crippen LogP contribution >= 0.6 is 0 Å². The second-order valence-electron chi connectivity index (χ2n) is 5.40. The van der Waals surface area contributed by atoms with Crippen molar-refractivity contribution in [2.45, 2.75) is 11.4 Å². The van der Waals surface area contributed by atoms with E-state index in [9.17, 15) is 8.42 Å². The molecule has 3 aromatic rings. The molecule has 0 saturated carbocycles. The molecule has 0 amide bonds. The summed E-state index contributed by atoms with van der Waals surface area (Å²) in [5.41, 5.74) is 2.52. The third kappa shape index (κ3) is 3.70. The highest BCUT2D eigenvalue weighted by Crippen LogP contribution is 2.23. The highest BCUT2D eigenvalue weighted by atomic mass is 32.2. The summed E-state index contributed by atoms with van der Waals surface area (Å²) >= 11 is 0. The van der Waals surface area contributed by atoms with Crippen molar-refractivity contribution in [2.24, 2.45) is 7.05 Å². The van der Waals surface area contributed by atoms with Gasteiger partial charge in [-0.15, -0.1) is 0 Å². The van der Waals surface area contributed by atoms with Crippen molar-refractivity contribution in [1.82, 2.24) is 19.5 Å². The van der Waals surface area contributed by atoms with Crippen LogP contribution in [-0.2, 0) is 23.6 Å². The second kappa shape index (κ2) is 7.04. The molecule has 3 rings (SSSR count). The molecule has 0 atom stereocenters. The number of ether oxygens (including phenoxy) is 1. The molecule has 0 unspecified atom stereocenters. The average Bonchev–Trinajstić information content (AvgIpc) is 3.06. The van der Waals surface area contributed by atoms with E-state index in [-0.39, 0.29) is 11.4 Å². The van der Waals surface area contributed by atoms with E-state index in [1.165, 1.54) is 13.2 Å². The minimum Gasteiger partial charge on any atom is -0.495 e. The molecule has 7 nitrogen and oxygen atoms in total. The number of hydrogen-bond acceptors (Lipinski definition) is 5. The summed E-state index contributed by atoms with van der Waals surface area (Å²) in [6.45, 7) is 0.124. The van der Waals surface area contributed by atoms with Crippen LogP contribution in [0.4, 0.5) is 0 Å². The van der Waals surface area contributed by atoms with Crippen molar-refractivity contribution < 1.29 is 13.2 Å². The summed E-state index contributed by atoms with van der Waals surface area (Å²) in [4.78, 5) is 4.29. The first-order chi connectivity index (χ1) is 12.0. The fourth-order valence-corrected chi connectivity index (χ4v) is 3.66. The van der Waals surface area contributed by atoms with Gasteiger partial charge in [-0.2, -0.15) is 5.10 Å². The zero-order valence-corrected chi connectivity index (χ0v) is 14.7. The van der Waals surface area contributed by atoms with Crippen LogP contribution in [-0.4, -0.2) is 30.3 Å². The van der Waals surface area contributed by atoms with E-state index < -0.39 is 10.0 Å². The van der Waals surface area contributed by atoms with Crippen molar-refractivity contribution in [2.75, 3.05) is 7.11 Å². The molecule has 0 bridgehead atoms. The molecule has 0 spiro atoms. The van der Waals surface area contributed by atoms with Gasteiger partial charge in [-0.05, 0) is 29.8 Å². The topological polar surface area (TPSA) is 86.1 Å². The summed E-state index contributed by atoms with van der Waals surface area (Å²) < 4.78 is 34.5. The Hall–Kier alpha value is -2.71. The number of aromatic nitrogens is 3. The van der Waals surface area contributed by atoms with Gasteiger partial charge in [0.1, 0.15) is 10.6 Å². The maximum absolute atomic E-state index is 12.5. The predicted octanol–water partition coefficient (Wildman–Crippen LogP) is 1.97. The number of sulfonamides is 1. The Morgan fingerprint density at radius 2 is 2.00 bits per heavy atom. The molecule has 130 valence electrons. The lowest BCUT2D eigenvalue weighted by Gasteiger charge is -2.11. The Bertz CT molecular complexity index is 983. The molecule has 2 heterocycles. The van der Waals surface area contributed by atoms with Gasteiger partial charge in [0.2, 0.25) is 10.0 Å². The normalized spacial score (nSPS) is 11.4. The van der Waals surface area contributed by atoms with Crippen LogP contribution in [0.5, 0.6) is 5.75 Å².